The Morgan fingerprint density at radius 2 is 1.95 bits per heavy atom. The Hall–Kier alpha value is -2.37. The van der Waals surface area contributed by atoms with Crippen LogP contribution in [0.3, 0.4) is 0 Å². The molecule has 2 aromatic rings. The summed E-state index contributed by atoms with van der Waals surface area (Å²) in [4.78, 5) is 8.16. The molecule has 0 amide bonds. The van der Waals surface area contributed by atoms with E-state index in [-0.39, 0.29) is 11.9 Å². The van der Waals surface area contributed by atoms with Gasteiger partial charge in [-0.2, -0.15) is 0 Å². The predicted octanol–water partition coefficient (Wildman–Crippen LogP) is 3.15. The molecule has 106 valence electrons. The van der Waals surface area contributed by atoms with Crippen LogP contribution in [0.1, 0.15) is 20.3 Å². The lowest BCUT2D eigenvalue weighted by Crippen LogP contribution is -2.16. The van der Waals surface area contributed by atoms with Gasteiger partial charge in [0.05, 0.1) is 5.69 Å². The Morgan fingerprint density at radius 1 is 1.25 bits per heavy atom. The number of hydrogen-bond donors (Lipinski definition) is 3. The normalized spacial score (nSPS) is 11.9. The number of para-hydroxylation sites is 1. The van der Waals surface area contributed by atoms with Crippen molar-refractivity contribution in [2.45, 2.75) is 26.3 Å². The van der Waals surface area contributed by atoms with E-state index in [9.17, 15) is 4.39 Å². The molecule has 1 heterocycles. The van der Waals surface area contributed by atoms with Crippen LogP contribution >= 0.6 is 0 Å². The first kappa shape index (κ1) is 14.0. The molecule has 0 aliphatic heterocycles. The number of rotatable bonds is 5. The quantitative estimate of drug-likeness (QED) is 0.781. The van der Waals surface area contributed by atoms with Gasteiger partial charge in [0.1, 0.15) is 17.8 Å². The van der Waals surface area contributed by atoms with Crippen molar-refractivity contribution < 1.29 is 4.39 Å². The van der Waals surface area contributed by atoms with Gasteiger partial charge in [-0.15, -0.1) is 0 Å². The van der Waals surface area contributed by atoms with Gasteiger partial charge in [-0.1, -0.05) is 19.1 Å². The standard InChI is InChI=1S/C14H18FN5/c1-3-9(2)19-13-12(16)14(18-8-17-13)20-11-7-5-4-6-10(11)15/h4-9H,3,16H2,1-2H3,(H2,17,18,19,20). The van der Waals surface area contributed by atoms with E-state index >= 15 is 0 Å². The fourth-order valence-corrected chi connectivity index (χ4v) is 1.64. The minimum absolute atomic E-state index is 0.244. The number of anilines is 4. The number of aromatic nitrogens is 2. The molecule has 0 fully saturated rings. The van der Waals surface area contributed by atoms with E-state index in [1.54, 1.807) is 18.2 Å². The number of nitrogen functional groups attached to an aromatic ring is 1. The third kappa shape index (κ3) is 3.14. The lowest BCUT2D eigenvalue weighted by atomic mass is 10.2. The lowest BCUT2D eigenvalue weighted by Gasteiger charge is -2.16. The molecular weight excluding hydrogens is 257 g/mol. The Labute approximate surface area is 117 Å². The molecule has 0 aliphatic rings. The molecular formula is C14H18FN5. The second kappa shape index (κ2) is 6.18. The van der Waals surface area contributed by atoms with Crippen molar-refractivity contribution in [3.8, 4) is 0 Å². The van der Waals surface area contributed by atoms with Crippen molar-refractivity contribution >= 4 is 23.0 Å². The molecule has 0 aliphatic carbocycles. The van der Waals surface area contributed by atoms with Crippen molar-refractivity contribution in [1.82, 2.24) is 9.97 Å². The van der Waals surface area contributed by atoms with Gasteiger partial charge in [0, 0.05) is 6.04 Å². The minimum Gasteiger partial charge on any atom is -0.393 e. The van der Waals surface area contributed by atoms with Crippen LogP contribution in [-0.4, -0.2) is 16.0 Å². The summed E-state index contributed by atoms with van der Waals surface area (Å²) in [6, 6.07) is 6.60. The molecule has 5 nitrogen and oxygen atoms in total. The third-order valence-electron chi connectivity index (χ3n) is 3.01. The van der Waals surface area contributed by atoms with Crippen LogP contribution in [-0.2, 0) is 0 Å². The predicted molar refractivity (Wildman–Crippen MR) is 79.5 cm³/mol. The Kier molecular flexibility index (Phi) is 4.34. The van der Waals surface area contributed by atoms with E-state index in [1.807, 2.05) is 6.92 Å². The summed E-state index contributed by atoms with van der Waals surface area (Å²) in [5.41, 5.74) is 6.71. The summed E-state index contributed by atoms with van der Waals surface area (Å²) in [6.07, 6.45) is 2.34. The average Bonchev–Trinajstić information content (AvgIpc) is 2.45. The zero-order valence-corrected chi connectivity index (χ0v) is 11.5. The summed E-state index contributed by atoms with van der Waals surface area (Å²) >= 11 is 0. The number of nitrogens with two attached hydrogens (primary N) is 1. The first-order valence-electron chi connectivity index (χ1n) is 6.50. The first-order chi connectivity index (χ1) is 9.61. The van der Waals surface area contributed by atoms with Gasteiger partial charge in [-0.25, -0.2) is 14.4 Å². The SMILES string of the molecule is CCC(C)Nc1ncnc(Nc2ccccc2F)c1N. The van der Waals surface area contributed by atoms with E-state index in [1.165, 1.54) is 12.4 Å². The average molecular weight is 275 g/mol. The Morgan fingerprint density at radius 3 is 2.65 bits per heavy atom. The number of halogens is 1. The second-order valence-corrected chi connectivity index (χ2v) is 4.54. The molecule has 1 aromatic carbocycles. The highest BCUT2D eigenvalue weighted by Gasteiger charge is 2.11. The first-order valence-corrected chi connectivity index (χ1v) is 6.50. The second-order valence-electron chi connectivity index (χ2n) is 4.54. The fourth-order valence-electron chi connectivity index (χ4n) is 1.64. The van der Waals surface area contributed by atoms with Crippen LogP contribution in [0.15, 0.2) is 30.6 Å². The zero-order valence-electron chi connectivity index (χ0n) is 11.5. The van der Waals surface area contributed by atoms with Gasteiger partial charge in [0.25, 0.3) is 0 Å². The van der Waals surface area contributed by atoms with Gasteiger partial charge in [-0.3, -0.25) is 0 Å². The number of nitrogens with zero attached hydrogens (tertiary/aromatic N) is 2. The van der Waals surface area contributed by atoms with Crippen molar-refractivity contribution in [1.29, 1.82) is 0 Å². The molecule has 20 heavy (non-hydrogen) atoms. The summed E-state index contributed by atoms with van der Waals surface area (Å²) < 4.78 is 13.6. The molecule has 0 saturated carbocycles. The fraction of sp³-hybridized carbons (Fsp3) is 0.286. The van der Waals surface area contributed by atoms with E-state index < -0.39 is 0 Å². The summed E-state index contributed by atoms with van der Waals surface area (Å²) in [7, 11) is 0. The molecule has 1 atom stereocenters. The molecule has 0 saturated heterocycles. The number of benzene rings is 1. The Bertz CT molecular complexity index is 588. The van der Waals surface area contributed by atoms with E-state index in [0.717, 1.165) is 6.42 Å². The largest absolute Gasteiger partial charge is 0.393 e. The van der Waals surface area contributed by atoms with E-state index in [4.69, 9.17) is 5.73 Å². The van der Waals surface area contributed by atoms with Crippen molar-refractivity contribution in [2.24, 2.45) is 0 Å². The summed E-state index contributed by atoms with van der Waals surface area (Å²) in [5.74, 6) is 0.575. The number of nitrogens with one attached hydrogen (secondary N) is 2. The molecule has 0 radical (unpaired) electrons. The van der Waals surface area contributed by atoms with Crippen LogP contribution < -0.4 is 16.4 Å². The van der Waals surface area contributed by atoms with Gasteiger partial charge < -0.3 is 16.4 Å². The van der Waals surface area contributed by atoms with Crippen molar-refractivity contribution in [3.05, 3.63) is 36.4 Å². The van der Waals surface area contributed by atoms with Gasteiger partial charge >= 0.3 is 0 Å². The molecule has 2 rings (SSSR count). The smallest absolute Gasteiger partial charge is 0.159 e. The molecule has 4 N–H and O–H groups in total. The number of hydrogen-bond acceptors (Lipinski definition) is 5. The van der Waals surface area contributed by atoms with Crippen LogP contribution in [0.2, 0.25) is 0 Å². The third-order valence-corrected chi connectivity index (χ3v) is 3.01. The summed E-state index contributed by atoms with van der Waals surface area (Å²) in [5, 5.41) is 6.07. The van der Waals surface area contributed by atoms with Crippen LogP contribution in [0, 0.1) is 5.82 Å². The van der Waals surface area contributed by atoms with E-state index in [2.05, 4.69) is 27.5 Å². The zero-order chi connectivity index (χ0) is 14.5. The van der Waals surface area contributed by atoms with Crippen molar-refractivity contribution in [2.75, 3.05) is 16.4 Å². The summed E-state index contributed by atoms with van der Waals surface area (Å²) in [6.45, 7) is 4.10. The van der Waals surface area contributed by atoms with Gasteiger partial charge in [0.15, 0.2) is 11.6 Å². The highest BCUT2D eigenvalue weighted by Crippen LogP contribution is 2.27. The lowest BCUT2D eigenvalue weighted by molar-refractivity contribution is 0.632. The highest BCUT2D eigenvalue weighted by molar-refractivity contribution is 5.77. The topological polar surface area (TPSA) is 75.9 Å². The maximum absolute atomic E-state index is 13.6. The molecule has 6 heteroatoms. The van der Waals surface area contributed by atoms with Crippen LogP contribution in [0.25, 0.3) is 0 Å². The molecule has 0 bridgehead atoms. The maximum atomic E-state index is 13.6. The maximum Gasteiger partial charge on any atom is 0.159 e. The van der Waals surface area contributed by atoms with Crippen LogP contribution in [0.4, 0.5) is 27.4 Å². The monoisotopic (exact) mass is 275 g/mol. The highest BCUT2D eigenvalue weighted by atomic mass is 19.1. The Balaban J connectivity index is 2.25. The molecule has 0 spiro atoms. The van der Waals surface area contributed by atoms with Gasteiger partial charge in [0.2, 0.25) is 0 Å². The van der Waals surface area contributed by atoms with Crippen LogP contribution in [0.5, 0.6) is 0 Å². The van der Waals surface area contributed by atoms with Crippen molar-refractivity contribution in [3.63, 3.8) is 0 Å². The van der Waals surface area contributed by atoms with Gasteiger partial charge in [-0.05, 0) is 25.5 Å². The van der Waals surface area contributed by atoms with E-state index in [0.29, 0.717) is 23.0 Å². The molecule has 1 aromatic heterocycles. The minimum atomic E-state index is -0.359. The molecule has 1 unspecified atom stereocenters.